The maximum atomic E-state index is 12.6. The van der Waals surface area contributed by atoms with Gasteiger partial charge in [-0.1, -0.05) is 36.4 Å². The standard InChI is InChI=1S/C21H30N4O3S.HI/c1-5-22-21(23-15-17-11-7-9-13-19(17)28-6-2)24-16-18-12-8-10-14-20(18)29(26,27)25(3)4;/h7-14H,5-6,15-16H2,1-4H3,(H2,22,23,24);1H. The van der Waals surface area contributed by atoms with Crippen molar-refractivity contribution < 1.29 is 13.2 Å². The van der Waals surface area contributed by atoms with Gasteiger partial charge in [-0.25, -0.2) is 17.7 Å². The molecule has 0 heterocycles. The Labute approximate surface area is 197 Å². The number of benzene rings is 2. The number of rotatable bonds is 9. The van der Waals surface area contributed by atoms with Crippen molar-refractivity contribution >= 4 is 40.0 Å². The third-order valence-corrected chi connectivity index (χ3v) is 6.12. The Morgan fingerprint density at radius 2 is 1.63 bits per heavy atom. The molecule has 0 unspecified atom stereocenters. The highest BCUT2D eigenvalue weighted by molar-refractivity contribution is 14.0. The van der Waals surface area contributed by atoms with E-state index in [2.05, 4.69) is 15.6 Å². The molecule has 0 aliphatic rings. The lowest BCUT2D eigenvalue weighted by atomic mass is 10.2. The fraction of sp³-hybridized carbons (Fsp3) is 0.381. The van der Waals surface area contributed by atoms with Crippen LogP contribution in [0, 0.1) is 0 Å². The van der Waals surface area contributed by atoms with E-state index in [4.69, 9.17) is 4.74 Å². The first-order valence-electron chi connectivity index (χ1n) is 9.63. The highest BCUT2D eigenvalue weighted by Gasteiger charge is 2.20. The molecular formula is C21H31IN4O3S. The van der Waals surface area contributed by atoms with Gasteiger partial charge >= 0.3 is 0 Å². The second-order valence-electron chi connectivity index (χ2n) is 6.48. The van der Waals surface area contributed by atoms with Gasteiger partial charge in [-0.05, 0) is 31.5 Å². The van der Waals surface area contributed by atoms with Crippen LogP contribution in [-0.4, -0.2) is 45.9 Å². The van der Waals surface area contributed by atoms with Crippen LogP contribution in [0.25, 0.3) is 0 Å². The van der Waals surface area contributed by atoms with Crippen LogP contribution in [0.1, 0.15) is 25.0 Å². The Balaban J connectivity index is 0.00000450. The molecule has 7 nitrogen and oxygen atoms in total. The highest BCUT2D eigenvalue weighted by Crippen LogP contribution is 2.19. The number of guanidine groups is 1. The minimum absolute atomic E-state index is 0. The Morgan fingerprint density at radius 3 is 2.27 bits per heavy atom. The zero-order valence-electron chi connectivity index (χ0n) is 17.9. The fourth-order valence-corrected chi connectivity index (χ4v) is 3.83. The highest BCUT2D eigenvalue weighted by atomic mass is 127. The molecule has 0 spiro atoms. The average Bonchev–Trinajstić information content (AvgIpc) is 2.71. The second kappa shape index (κ2) is 12.8. The van der Waals surface area contributed by atoms with E-state index in [9.17, 15) is 8.42 Å². The van der Waals surface area contributed by atoms with Crippen molar-refractivity contribution in [2.24, 2.45) is 4.99 Å². The van der Waals surface area contributed by atoms with Gasteiger partial charge in [0.05, 0.1) is 18.0 Å². The van der Waals surface area contributed by atoms with Crippen molar-refractivity contribution in [2.75, 3.05) is 27.2 Å². The summed E-state index contributed by atoms with van der Waals surface area (Å²) in [5.41, 5.74) is 1.67. The fourth-order valence-electron chi connectivity index (χ4n) is 2.71. The van der Waals surface area contributed by atoms with Crippen molar-refractivity contribution in [3.8, 4) is 5.75 Å². The lowest BCUT2D eigenvalue weighted by Gasteiger charge is -2.17. The molecule has 0 bridgehead atoms. The molecule has 0 saturated carbocycles. The van der Waals surface area contributed by atoms with Gasteiger partial charge in [0.25, 0.3) is 0 Å². The molecule has 0 aromatic heterocycles. The summed E-state index contributed by atoms with van der Waals surface area (Å²) in [5, 5.41) is 6.42. The normalized spacial score (nSPS) is 11.7. The minimum atomic E-state index is -3.52. The van der Waals surface area contributed by atoms with Gasteiger partial charge in [0, 0.05) is 32.7 Å². The summed E-state index contributed by atoms with van der Waals surface area (Å²) >= 11 is 0. The number of nitrogens with zero attached hydrogens (tertiary/aromatic N) is 2. The molecule has 0 fully saturated rings. The molecule has 2 aromatic rings. The third kappa shape index (κ3) is 7.13. The van der Waals surface area contributed by atoms with Crippen LogP contribution in [0.5, 0.6) is 5.75 Å². The molecule has 9 heteroatoms. The van der Waals surface area contributed by atoms with Gasteiger partial charge in [0.15, 0.2) is 5.96 Å². The van der Waals surface area contributed by atoms with Gasteiger partial charge in [-0.15, -0.1) is 24.0 Å². The topological polar surface area (TPSA) is 83.0 Å². The van der Waals surface area contributed by atoms with Gasteiger partial charge in [-0.3, -0.25) is 0 Å². The van der Waals surface area contributed by atoms with Crippen LogP contribution in [0.15, 0.2) is 58.4 Å². The van der Waals surface area contributed by atoms with E-state index in [1.165, 1.54) is 18.4 Å². The SMILES string of the molecule is CCNC(=NCc1ccccc1OCC)NCc1ccccc1S(=O)(=O)N(C)C.I. The Kier molecular flexibility index (Phi) is 11.1. The number of sulfonamides is 1. The summed E-state index contributed by atoms with van der Waals surface area (Å²) in [6.07, 6.45) is 0. The lowest BCUT2D eigenvalue weighted by Crippen LogP contribution is -2.37. The summed E-state index contributed by atoms with van der Waals surface area (Å²) in [7, 11) is -0.461. The summed E-state index contributed by atoms with van der Waals surface area (Å²) in [6.45, 7) is 6.00. The quantitative estimate of drug-likeness (QED) is 0.287. The summed E-state index contributed by atoms with van der Waals surface area (Å²) in [5.74, 6) is 1.42. The molecule has 2 rings (SSSR count). The molecule has 0 atom stereocenters. The van der Waals surface area contributed by atoms with Gasteiger partial charge in [0.1, 0.15) is 5.75 Å². The zero-order chi connectivity index (χ0) is 21.3. The number of aliphatic imine (C=N–C) groups is 1. The molecule has 2 aromatic carbocycles. The summed E-state index contributed by atoms with van der Waals surface area (Å²) < 4.78 is 32.0. The molecular weight excluding hydrogens is 515 g/mol. The number of ether oxygens (including phenoxy) is 1. The summed E-state index contributed by atoms with van der Waals surface area (Å²) in [4.78, 5) is 4.91. The molecule has 0 saturated heterocycles. The molecule has 0 amide bonds. The monoisotopic (exact) mass is 546 g/mol. The molecule has 0 aliphatic carbocycles. The number of para-hydroxylation sites is 1. The molecule has 166 valence electrons. The lowest BCUT2D eigenvalue weighted by molar-refractivity contribution is 0.336. The molecule has 2 N–H and O–H groups in total. The van der Waals surface area contributed by atoms with E-state index in [1.54, 1.807) is 18.2 Å². The Hall–Kier alpha value is -1.85. The Bertz CT molecular complexity index is 933. The van der Waals surface area contributed by atoms with Gasteiger partial charge in [-0.2, -0.15) is 0 Å². The van der Waals surface area contributed by atoms with Crippen molar-refractivity contribution in [1.29, 1.82) is 0 Å². The van der Waals surface area contributed by atoms with Crippen LogP contribution in [0.3, 0.4) is 0 Å². The summed E-state index contributed by atoms with van der Waals surface area (Å²) in [6, 6.07) is 14.8. The second-order valence-corrected chi connectivity index (χ2v) is 8.60. The van der Waals surface area contributed by atoms with E-state index >= 15 is 0 Å². The van der Waals surface area contributed by atoms with Gasteiger partial charge in [0.2, 0.25) is 10.0 Å². The van der Waals surface area contributed by atoms with Crippen molar-refractivity contribution in [1.82, 2.24) is 14.9 Å². The molecule has 0 radical (unpaired) electrons. The molecule has 0 aliphatic heterocycles. The smallest absolute Gasteiger partial charge is 0.242 e. The van der Waals surface area contributed by atoms with Gasteiger partial charge < -0.3 is 15.4 Å². The number of hydrogen-bond donors (Lipinski definition) is 2. The van der Waals surface area contributed by atoms with Crippen LogP contribution in [-0.2, 0) is 23.1 Å². The van der Waals surface area contributed by atoms with Crippen molar-refractivity contribution in [2.45, 2.75) is 31.8 Å². The van der Waals surface area contributed by atoms with E-state index < -0.39 is 10.0 Å². The molecule has 30 heavy (non-hydrogen) atoms. The van der Waals surface area contributed by atoms with Crippen LogP contribution in [0.4, 0.5) is 0 Å². The van der Waals surface area contributed by atoms with Crippen LogP contribution >= 0.6 is 24.0 Å². The maximum absolute atomic E-state index is 12.6. The predicted molar refractivity (Wildman–Crippen MR) is 132 cm³/mol. The first-order chi connectivity index (χ1) is 13.9. The van der Waals surface area contributed by atoms with E-state index in [0.717, 1.165) is 11.3 Å². The third-order valence-electron chi connectivity index (χ3n) is 4.20. The van der Waals surface area contributed by atoms with E-state index in [-0.39, 0.29) is 28.9 Å². The van der Waals surface area contributed by atoms with Crippen LogP contribution in [0.2, 0.25) is 0 Å². The van der Waals surface area contributed by atoms with Crippen molar-refractivity contribution in [3.05, 3.63) is 59.7 Å². The first-order valence-corrected chi connectivity index (χ1v) is 11.1. The number of hydrogen-bond acceptors (Lipinski definition) is 4. The van der Waals surface area contributed by atoms with Crippen molar-refractivity contribution in [3.63, 3.8) is 0 Å². The Morgan fingerprint density at radius 1 is 1.00 bits per heavy atom. The predicted octanol–water partition coefficient (Wildman–Crippen LogP) is 3.21. The van der Waals surface area contributed by atoms with E-state index in [1.807, 2.05) is 44.2 Å². The average molecular weight is 546 g/mol. The van der Waals surface area contributed by atoms with E-state index in [0.29, 0.717) is 37.8 Å². The number of nitrogens with one attached hydrogen (secondary N) is 2. The minimum Gasteiger partial charge on any atom is -0.494 e. The zero-order valence-corrected chi connectivity index (χ0v) is 21.0. The number of halogens is 1. The van der Waals surface area contributed by atoms with Crippen LogP contribution < -0.4 is 15.4 Å². The first kappa shape index (κ1) is 26.2. The maximum Gasteiger partial charge on any atom is 0.242 e. The largest absolute Gasteiger partial charge is 0.494 e.